The average molecular weight is 567 g/mol. The van der Waals surface area contributed by atoms with E-state index in [4.69, 9.17) is 23.7 Å². The van der Waals surface area contributed by atoms with Crippen molar-refractivity contribution in [2.75, 3.05) is 27.4 Å². The SMILES string of the molecule is CCCc1c(OC/C=C/COc2ccc3c(c2CCC)OC(C)(CCC(=O)OC)CC3=O)ccc(C(C)=O)c1OC. The summed E-state index contributed by atoms with van der Waals surface area (Å²) in [5.41, 5.74) is 2.05. The van der Waals surface area contributed by atoms with Crippen LogP contribution in [-0.2, 0) is 22.4 Å². The van der Waals surface area contributed by atoms with E-state index in [0.717, 1.165) is 30.4 Å². The Morgan fingerprint density at radius 3 is 2.15 bits per heavy atom. The first-order valence-corrected chi connectivity index (χ1v) is 14.2. The molecule has 3 rings (SSSR count). The summed E-state index contributed by atoms with van der Waals surface area (Å²) in [5, 5.41) is 0. The summed E-state index contributed by atoms with van der Waals surface area (Å²) < 4.78 is 28.8. The normalized spacial score (nSPS) is 16.2. The number of hydrogen-bond acceptors (Lipinski definition) is 8. The molecule has 0 fully saturated rings. The van der Waals surface area contributed by atoms with E-state index in [1.165, 1.54) is 14.0 Å². The van der Waals surface area contributed by atoms with Gasteiger partial charge in [0.05, 0.1) is 31.8 Å². The third kappa shape index (κ3) is 7.90. The van der Waals surface area contributed by atoms with E-state index in [1.54, 1.807) is 19.2 Å². The number of methoxy groups -OCH3 is 2. The highest BCUT2D eigenvalue weighted by Crippen LogP contribution is 2.42. The second-order valence-corrected chi connectivity index (χ2v) is 10.4. The second-order valence-electron chi connectivity index (χ2n) is 10.4. The zero-order valence-corrected chi connectivity index (χ0v) is 25.1. The number of ether oxygens (including phenoxy) is 5. The summed E-state index contributed by atoms with van der Waals surface area (Å²) in [6, 6.07) is 7.14. The van der Waals surface area contributed by atoms with Gasteiger partial charge in [0.25, 0.3) is 0 Å². The van der Waals surface area contributed by atoms with Gasteiger partial charge in [0.15, 0.2) is 11.6 Å². The van der Waals surface area contributed by atoms with Crippen molar-refractivity contribution in [2.24, 2.45) is 0 Å². The van der Waals surface area contributed by atoms with Gasteiger partial charge in [0.1, 0.15) is 41.8 Å². The number of carbonyl (C=O) groups is 3. The molecule has 1 atom stereocenters. The first-order valence-electron chi connectivity index (χ1n) is 14.2. The lowest BCUT2D eigenvalue weighted by atomic mass is 9.86. The van der Waals surface area contributed by atoms with Crippen LogP contribution in [0.15, 0.2) is 36.4 Å². The van der Waals surface area contributed by atoms with E-state index in [2.05, 4.69) is 13.8 Å². The summed E-state index contributed by atoms with van der Waals surface area (Å²) in [4.78, 5) is 36.7. The number of benzene rings is 2. The van der Waals surface area contributed by atoms with Gasteiger partial charge in [-0.05, 0) is 69.5 Å². The van der Waals surface area contributed by atoms with Crippen molar-refractivity contribution in [3.63, 3.8) is 0 Å². The Balaban J connectivity index is 1.70. The van der Waals surface area contributed by atoms with E-state index >= 15 is 0 Å². The third-order valence-corrected chi connectivity index (χ3v) is 7.12. The fourth-order valence-electron chi connectivity index (χ4n) is 5.05. The molecule has 0 amide bonds. The minimum atomic E-state index is -0.793. The van der Waals surface area contributed by atoms with Crippen LogP contribution in [0.2, 0.25) is 0 Å². The van der Waals surface area contributed by atoms with E-state index in [9.17, 15) is 14.4 Å². The molecule has 0 N–H and O–H groups in total. The van der Waals surface area contributed by atoms with Crippen molar-refractivity contribution in [3.8, 4) is 23.0 Å². The molecule has 0 bridgehead atoms. The molecular weight excluding hydrogens is 524 g/mol. The summed E-state index contributed by atoms with van der Waals surface area (Å²) >= 11 is 0. The molecule has 0 aromatic heterocycles. The molecule has 8 nitrogen and oxygen atoms in total. The van der Waals surface area contributed by atoms with E-state index in [1.807, 2.05) is 31.2 Å². The number of fused-ring (bicyclic) bond motifs is 1. The van der Waals surface area contributed by atoms with Gasteiger partial charge in [0, 0.05) is 17.5 Å². The van der Waals surface area contributed by atoms with Crippen LogP contribution in [0, 0.1) is 0 Å². The Bertz CT molecular complexity index is 1280. The van der Waals surface area contributed by atoms with E-state index < -0.39 is 5.60 Å². The predicted molar refractivity (Wildman–Crippen MR) is 157 cm³/mol. The van der Waals surface area contributed by atoms with Gasteiger partial charge in [-0.1, -0.05) is 26.7 Å². The van der Waals surface area contributed by atoms with Crippen LogP contribution in [-0.4, -0.2) is 50.6 Å². The van der Waals surface area contributed by atoms with Gasteiger partial charge < -0.3 is 23.7 Å². The van der Waals surface area contributed by atoms with Gasteiger partial charge in [-0.15, -0.1) is 0 Å². The molecule has 8 heteroatoms. The smallest absolute Gasteiger partial charge is 0.305 e. The topological polar surface area (TPSA) is 97.4 Å². The molecule has 2 aromatic carbocycles. The van der Waals surface area contributed by atoms with Crippen LogP contribution in [0.5, 0.6) is 23.0 Å². The molecule has 0 aliphatic carbocycles. The summed E-state index contributed by atoms with van der Waals surface area (Å²) in [7, 11) is 2.92. The van der Waals surface area contributed by atoms with Crippen molar-refractivity contribution in [2.45, 2.75) is 78.2 Å². The lowest BCUT2D eigenvalue weighted by Gasteiger charge is -2.36. The van der Waals surface area contributed by atoms with Crippen LogP contribution in [0.1, 0.15) is 91.6 Å². The molecule has 41 heavy (non-hydrogen) atoms. The van der Waals surface area contributed by atoms with Crippen molar-refractivity contribution in [1.29, 1.82) is 0 Å². The first-order chi connectivity index (χ1) is 19.7. The molecule has 0 saturated carbocycles. The monoisotopic (exact) mass is 566 g/mol. The molecule has 1 aliphatic rings. The van der Waals surface area contributed by atoms with Gasteiger partial charge in [-0.2, -0.15) is 0 Å². The molecule has 0 spiro atoms. The number of hydrogen-bond donors (Lipinski definition) is 0. The van der Waals surface area contributed by atoms with Crippen LogP contribution in [0.25, 0.3) is 0 Å². The standard InChI is InChI=1S/C33H42O8/c1-7-11-25-28(15-13-23(22(3)34)31(25)38-6)39-19-9-10-20-40-29-16-14-24-27(35)21-33(4,18-17-30(36)37-5)41-32(24)26(29)12-8-2/h9-10,13-16H,7-8,11-12,17-21H2,1-6H3/b10-9+. The van der Waals surface area contributed by atoms with Crippen molar-refractivity contribution >= 4 is 17.5 Å². The fourth-order valence-corrected chi connectivity index (χ4v) is 5.05. The maximum Gasteiger partial charge on any atom is 0.305 e. The van der Waals surface area contributed by atoms with E-state index in [-0.39, 0.29) is 30.4 Å². The Morgan fingerprint density at radius 1 is 0.951 bits per heavy atom. The first kappa shape index (κ1) is 31.7. The van der Waals surface area contributed by atoms with Gasteiger partial charge in [0.2, 0.25) is 0 Å². The highest BCUT2D eigenvalue weighted by molar-refractivity contribution is 6.01. The Kier molecular flexibility index (Phi) is 11.4. The number of carbonyl (C=O) groups excluding carboxylic acids is 3. The van der Waals surface area contributed by atoms with Crippen LogP contribution < -0.4 is 18.9 Å². The van der Waals surface area contributed by atoms with Crippen LogP contribution in [0.3, 0.4) is 0 Å². The third-order valence-electron chi connectivity index (χ3n) is 7.12. The Labute approximate surface area is 243 Å². The molecule has 1 aliphatic heterocycles. The summed E-state index contributed by atoms with van der Waals surface area (Å²) in [5.74, 6) is 2.09. The quantitative estimate of drug-likeness (QED) is 0.137. The van der Waals surface area contributed by atoms with Crippen LogP contribution in [0.4, 0.5) is 0 Å². The second kappa shape index (κ2) is 14.7. The maximum atomic E-state index is 13.0. The number of rotatable bonds is 15. The summed E-state index contributed by atoms with van der Waals surface area (Å²) in [6.45, 7) is 8.15. The minimum absolute atomic E-state index is 0.00466. The average Bonchev–Trinajstić information content (AvgIpc) is 2.95. The molecule has 0 saturated heterocycles. The number of Topliss-reactive ketones (excluding diaryl/α,β-unsaturated/α-hetero) is 2. The number of esters is 1. The molecule has 1 heterocycles. The zero-order chi connectivity index (χ0) is 30.0. The molecule has 2 aromatic rings. The molecule has 222 valence electrons. The zero-order valence-electron chi connectivity index (χ0n) is 25.1. The summed E-state index contributed by atoms with van der Waals surface area (Å²) in [6.07, 6.45) is 7.67. The molecular formula is C33H42O8. The largest absolute Gasteiger partial charge is 0.496 e. The van der Waals surface area contributed by atoms with Gasteiger partial charge in [-0.25, -0.2) is 0 Å². The van der Waals surface area contributed by atoms with Crippen molar-refractivity contribution < 1.29 is 38.1 Å². The van der Waals surface area contributed by atoms with E-state index in [0.29, 0.717) is 60.2 Å². The van der Waals surface area contributed by atoms with Crippen LogP contribution >= 0.6 is 0 Å². The lowest BCUT2D eigenvalue weighted by Crippen LogP contribution is -2.40. The Morgan fingerprint density at radius 2 is 1.56 bits per heavy atom. The highest BCUT2D eigenvalue weighted by Gasteiger charge is 2.38. The number of ketones is 2. The van der Waals surface area contributed by atoms with Gasteiger partial charge in [-0.3, -0.25) is 14.4 Å². The predicted octanol–water partition coefficient (Wildman–Crippen LogP) is 6.49. The molecule has 1 unspecified atom stereocenters. The lowest BCUT2D eigenvalue weighted by molar-refractivity contribution is -0.141. The van der Waals surface area contributed by atoms with Crippen molar-refractivity contribution in [1.82, 2.24) is 0 Å². The van der Waals surface area contributed by atoms with Gasteiger partial charge >= 0.3 is 5.97 Å². The highest BCUT2D eigenvalue weighted by atomic mass is 16.5. The molecule has 0 radical (unpaired) electrons. The fraction of sp³-hybridized carbons (Fsp3) is 0.485. The van der Waals surface area contributed by atoms with Crippen molar-refractivity contribution in [3.05, 3.63) is 58.7 Å². The maximum absolute atomic E-state index is 13.0. The Hall–Kier alpha value is -3.81. The minimum Gasteiger partial charge on any atom is -0.496 e.